The van der Waals surface area contributed by atoms with E-state index in [1.807, 2.05) is 23.0 Å². The van der Waals surface area contributed by atoms with Crippen molar-refractivity contribution in [2.75, 3.05) is 6.54 Å². The summed E-state index contributed by atoms with van der Waals surface area (Å²) in [5.41, 5.74) is 2.27. The van der Waals surface area contributed by atoms with Crippen molar-refractivity contribution in [3.8, 4) is 5.82 Å². The van der Waals surface area contributed by atoms with Gasteiger partial charge in [0.1, 0.15) is 0 Å². The van der Waals surface area contributed by atoms with Crippen LogP contribution >= 0.6 is 0 Å². The molecule has 4 nitrogen and oxygen atoms in total. The number of nitrogens with one attached hydrogen (secondary N) is 1. The van der Waals surface area contributed by atoms with Crippen LogP contribution in [0.15, 0.2) is 30.5 Å². The fraction of sp³-hybridized carbons (Fsp3) is 0.500. The normalized spacial score (nSPS) is 14.9. The van der Waals surface area contributed by atoms with Gasteiger partial charge >= 0.3 is 0 Å². The van der Waals surface area contributed by atoms with Gasteiger partial charge in [-0.1, -0.05) is 19.9 Å². The minimum atomic E-state index is 0.658. The number of aromatic nitrogens is 3. The Kier molecular flexibility index (Phi) is 3.83. The molecule has 2 aromatic heterocycles. The van der Waals surface area contributed by atoms with Gasteiger partial charge in [-0.3, -0.25) is 0 Å². The Morgan fingerprint density at radius 2 is 2.15 bits per heavy atom. The number of pyridine rings is 1. The van der Waals surface area contributed by atoms with Crippen molar-refractivity contribution in [1.82, 2.24) is 20.1 Å². The summed E-state index contributed by atoms with van der Waals surface area (Å²) in [5.74, 6) is 2.25. The maximum Gasteiger partial charge on any atom is 0.153 e. The smallest absolute Gasteiger partial charge is 0.153 e. The zero-order valence-electron chi connectivity index (χ0n) is 12.2. The van der Waals surface area contributed by atoms with Gasteiger partial charge in [0.15, 0.2) is 5.82 Å². The van der Waals surface area contributed by atoms with E-state index in [1.54, 1.807) is 0 Å². The Morgan fingerprint density at radius 1 is 1.30 bits per heavy atom. The van der Waals surface area contributed by atoms with Gasteiger partial charge in [-0.15, -0.1) is 0 Å². The molecule has 0 amide bonds. The number of hydrogen-bond acceptors (Lipinski definition) is 3. The van der Waals surface area contributed by atoms with Crippen molar-refractivity contribution >= 4 is 0 Å². The third kappa shape index (κ3) is 3.25. The predicted molar refractivity (Wildman–Crippen MR) is 79.9 cm³/mol. The van der Waals surface area contributed by atoms with Crippen molar-refractivity contribution in [2.45, 2.75) is 39.2 Å². The summed E-state index contributed by atoms with van der Waals surface area (Å²) in [6.45, 7) is 6.24. The first-order chi connectivity index (χ1) is 9.72. The zero-order valence-corrected chi connectivity index (χ0v) is 12.2. The molecule has 0 atom stereocenters. The molecule has 0 bridgehead atoms. The zero-order chi connectivity index (χ0) is 13.9. The van der Waals surface area contributed by atoms with Crippen LogP contribution in [0, 0.1) is 5.92 Å². The molecular weight excluding hydrogens is 248 g/mol. The largest absolute Gasteiger partial charge is 0.311 e. The highest BCUT2D eigenvalue weighted by Crippen LogP contribution is 2.38. The lowest BCUT2D eigenvalue weighted by molar-refractivity contribution is 0.547. The Balaban J connectivity index is 1.69. The van der Waals surface area contributed by atoms with Crippen LogP contribution in [0.3, 0.4) is 0 Å². The topological polar surface area (TPSA) is 42.7 Å². The van der Waals surface area contributed by atoms with Gasteiger partial charge in [-0.2, -0.15) is 5.10 Å². The van der Waals surface area contributed by atoms with Crippen molar-refractivity contribution in [2.24, 2.45) is 5.92 Å². The number of rotatable bonds is 6. The molecule has 20 heavy (non-hydrogen) atoms. The van der Waals surface area contributed by atoms with Gasteiger partial charge in [0.2, 0.25) is 0 Å². The molecule has 1 aliphatic carbocycles. The van der Waals surface area contributed by atoms with Crippen LogP contribution in [-0.2, 0) is 6.54 Å². The van der Waals surface area contributed by atoms with E-state index in [0.717, 1.165) is 24.6 Å². The Bertz CT molecular complexity index is 569. The van der Waals surface area contributed by atoms with E-state index in [1.165, 1.54) is 18.5 Å². The molecule has 4 heteroatoms. The van der Waals surface area contributed by atoms with E-state index in [9.17, 15) is 0 Å². The highest BCUT2D eigenvalue weighted by molar-refractivity contribution is 5.25. The van der Waals surface area contributed by atoms with Gasteiger partial charge in [0, 0.05) is 18.7 Å². The van der Waals surface area contributed by atoms with Gasteiger partial charge in [0.05, 0.1) is 11.4 Å². The molecule has 0 unspecified atom stereocenters. The SMILES string of the molecule is CC(C)CNCc1cccc(-n2ccc(C3CC3)n2)n1. The van der Waals surface area contributed by atoms with Crippen LogP contribution in [-0.4, -0.2) is 21.3 Å². The molecule has 1 aliphatic rings. The number of hydrogen-bond donors (Lipinski definition) is 1. The van der Waals surface area contributed by atoms with E-state index in [0.29, 0.717) is 11.8 Å². The lowest BCUT2D eigenvalue weighted by Crippen LogP contribution is -2.19. The summed E-state index contributed by atoms with van der Waals surface area (Å²) < 4.78 is 1.89. The monoisotopic (exact) mass is 270 g/mol. The Hall–Kier alpha value is -1.68. The molecule has 0 spiro atoms. The second-order valence-corrected chi connectivity index (χ2v) is 5.97. The summed E-state index contributed by atoms with van der Waals surface area (Å²) in [4.78, 5) is 4.67. The molecule has 2 heterocycles. The maximum atomic E-state index is 4.67. The first-order valence-electron chi connectivity index (χ1n) is 7.45. The van der Waals surface area contributed by atoms with E-state index in [-0.39, 0.29) is 0 Å². The highest BCUT2D eigenvalue weighted by Gasteiger charge is 2.25. The lowest BCUT2D eigenvalue weighted by atomic mass is 10.2. The van der Waals surface area contributed by atoms with Crippen LogP contribution in [0.4, 0.5) is 0 Å². The maximum absolute atomic E-state index is 4.67. The van der Waals surface area contributed by atoms with Crippen molar-refractivity contribution in [3.63, 3.8) is 0 Å². The minimum Gasteiger partial charge on any atom is -0.311 e. The average molecular weight is 270 g/mol. The van der Waals surface area contributed by atoms with Gasteiger partial charge in [-0.25, -0.2) is 9.67 Å². The third-order valence-corrected chi connectivity index (χ3v) is 3.49. The van der Waals surface area contributed by atoms with Gasteiger partial charge < -0.3 is 5.32 Å². The fourth-order valence-electron chi connectivity index (χ4n) is 2.24. The lowest BCUT2D eigenvalue weighted by Gasteiger charge is -2.08. The van der Waals surface area contributed by atoms with Crippen molar-refractivity contribution < 1.29 is 0 Å². The van der Waals surface area contributed by atoms with Gasteiger partial charge in [-0.05, 0) is 43.5 Å². The molecular formula is C16H22N4. The van der Waals surface area contributed by atoms with Crippen LogP contribution in [0.1, 0.15) is 44.0 Å². The number of nitrogens with zero attached hydrogens (tertiary/aromatic N) is 3. The van der Waals surface area contributed by atoms with E-state index >= 15 is 0 Å². The van der Waals surface area contributed by atoms with E-state index < -0.39 is 0 Å². The van der Waals surface area contributed by atoms with Crippen molar-refractivity contribution in [3.05, 3.63) is 41.9 Å². The molecule has 0 saturated heterocycles. The molecule has 1 saturated carbocycles. The summed E-state index contributed by atoms with van der Waals surface area (Å²) in [5, 5.41) is 8.05. The summed E-state index contributed by atoms with van der Waals surface area (Å²) >= 11 is 0. The molecule has 1 N–H and O–H groups in total. The molecule has 2 aromatic rings. The van der Waals surface area contributed by atoms with Crippen molar-refractivity contribution in [1.29, 1.82) is 0 Å². The van der Waals surface area contributed by atoms with Gasteiger partial charge in [0.25, 0.3) is 0 Å². The molecule has 0 aromatic carbocycles. The summed E-state index contributed by atoms with van der Waals surface area (Å²) in [6.07, 6.45) is 4.58. The molecule has 0 aliphatic heterocycles. The van der Waals surface area contributed by atoms with Crippen LogP contribution in [0.2, 0.25) is 0 Å². The first-order valence-corrected chi connectivity index (χ1v) is 7.45. The van der Waals surface area contributed by atoms with E-state index in [2.05, 4.69) is 41.4 Å². The Labute approximate surface area is 120 Å². The first kappa shape index (κ1) is 13.3. The molecule has 3 rings (SSSR count). The van der Waals surface area contributed by atoms with Crippen LogP contribution < -0.4 is 5.32 Å². The second-order valence-electron chi connectivity index (χ2n) is 5.97. The molecule has 106 valence electrons. The fourth-order valence-corrected chi connectivity index (χ4v) is 2.24. The quantitative estimate of drug-likeness (QED) is 0.877. The molecule has 1 fully saturated rings. The highest BCUT2D eigenvalue weighted by atomic mass is 15.3. The summed E-state index contributed by atoms with van der Waals surface area (Å²) in [7, 11) is 0. The minimum absolute atomic E-state index is 0.658. The Morgan fingerprint density at radius 3 is 2.90 bits per heavy atom. The van der Waals surface area contributed by atoms with E-state index in [4.69, 9.17) is 0 Å². The summed E-state index contributed by atoms with van der Waals surface area (Å²) in [6, 6.07) is 8.23. The van der Waals surface area contributed by atoms with Crippen LogP contribution in [0.5, 0.6) is 0 Å². The standard InChI is InChI=1S/C16H22N4/c1-12(2)10-17-11-14-4-3-5-16(18-14)20-9-8-15(19-20)13-6-7-13/h3-5,8-9,12-13,17H,6-7,10-11H2,1-2H3. The predicted octanol–water partition coefficient (Wildman–Crippen LogP) is 2.89. The average Bonchev–Trinajstić information content (AvgIpc) is 3.16. The third-order valence-electron chi connectivity index (χ3n) is 3.49. The second kappa shape index (κ2) is 5.75. The van der Waals surface area contributed by atoms with Crippen LogP contribution in [0.25, 0.3) is 5.82 Å². The molecule has 0 radical (unpaired) electrons.